The molecule has 0 spiro atoms. The molecule has 3 aromatic heterocycles. The molecule has 72 heavy (non-hydrogen) atoms. The van der Waals surface area contributed by atoms with E-state index in [4.69, 9.17) is 11.1 Å². The van der Waals surface area contributed by atoms with Gasteiger partial charge in [0, 0.05) is 60.7 Å². The molecule has 0 saturated heterocycles. The maximum absolute atomic E-state index is 7.39. The summed E-state index contributed by atoms with van der Waals surface area (Å²) in [5.41, 5.74) is 30.7. The first-order valence-electron chi connectivity index (χ1n) is 24.0. The number of imidazole rings is 2. The maximum Gasteiger partial charge on any atom is 0.101 e. The third-order valence-electron chi connectivity index (χ3n) is 12.2. The van der Waals surface area contributed by atoms with Crippen molar-refractivity contribution in [3.05, 3.63) is 251 Å². The second-order valence-corrected chi connectivity index (χ2v) is 16.6. The van der Waals surface area contributed by atoms with Gasteiger partial charge in [-0.25, -0.2) is 9.97 Å². The number of nitrogens with zero attached hydrogens (tertiary/aromatic N) is 7. The van der Waals surface area contributed by atoms with Crippen LogP contribution in [0, 0.1) is 5.41 Å². The number of nitrogens with two attached hydrogens (primary N) is 1. The van der Waals surface area contributed by atoms with Gasteiger partial charge in [0.1, 0.15) is 5.69 Å². The van der Waals surface area contributed by atoms with Crippen molar-refractivity contribution < 1.29 is 0 Å². The molecule has 0 saturated carbocycles. The van der Waals surface area contributed by atoms with Gasteiger partial charge in [-0.3, -0.25) is 16.3 Å². The van der Waals surface area contributed by atoms with Crippen LogP contribution in [0.15, 0.2) is 213 Å². The quantitative estimate of drug-likeness (QED) is 0.0476. The van der Waals surface area contributed by atoms with Crippen LogP contribution in [0.1, 0.15) is 30.7 Å². The van der Waals surface area contributed by atoms with E-state index in [2.05, 4.69) is 150 Å². The van der Waals surface area contributed by atoms with Crippen LogP contribution >= 0.6 is 0 Å². The number of nitrogens with one attached hydrogen (secondary N) is 5. The highest BCUT2D eigenvalue weighted by Gasteiger charge is 2.15. The van der Waals surface area contributed by atoms with E-state index in [0.29, 0.717) is 19.8 Å². The van der Waals surface area contributed by atoms with Gasteiger partial charge in [-0.2, -0.15) is 5.10 Å². The summed E-state index contributed by atoms with van der Waals surface area (Å²) in [4.78, 5) is 10.3. The smallest absolute Gasteiger partial charge is 0.101 e. The monoisotopic (exact) mass is 947 g/mol. The molecule has 2 aliphatic heterocycles. The van der Waals surface area contributed by atoms with E-state index in [1.165, 1.54) is 22.3 Å². The van der Waals surface area contributed by atoms with Gasteiger partial charge in [-0.15, -0.1) is 5.10 Å². The fourth-order valence-electron chi connectivity index (χ4n) is 8.70. The lowest BCUT2D eigenvalue weighted by atomic mass is 10.0. The highest BCUT2D eigenvalue weighted by Crippen LogP contribution is 2.27. The molecule has 0 aliphatic carbocycles. The Balaban J connectivity index is 0.000000132. The molecule has 13 nitrogen and oxygen atoms in total. The summed E-state index contributed by atoms with van der Waals surface area (Å²) in [5.74, 6) is 0. The Morgan fingerprint density at radius 3 is 1.67 bits per heavy atom. The van der Waals surface area contributed by atoms with Crippen molar-refractivity contribution in [2.24, 2.45) is 5.73 Å². The number of aromatic nitrogens is 6. The fraction of sp³-hybridized carbons (Fsp3) is 0.102. The van der Waals surface area contributed by atoms with Gasteiger partial charge in [0.15, 0.2) is 0 Å². The molecule has 0 amide bonds. The van der Waals surface area contributed by atoms with Gasteiger partial charge >= 0.3 is 0 Å². The van der Waals surface area contributed by atoms with Crippen molar-refractivity contribution in [2.45, 2.75) is 26.9 Å². The summed E-state index contributed by atoms with van der Waals surface area (Å²) in [7, 11) is 0. The highest BCUT2D eigenvalue weighted by molar-refractivity contribution is 5.95. The first kappa shape index (κ1) is 47.7. The van der Waals surface area contributed by atoms with Crippen molar-refractivity contribution in [2.75, 3.05) is 13.2 Å². The molecule has 10 aromatic rings. The number of hydrogen-bond donors (Lipinski definition) is 6. The minimum atomic E-state index is 0.312. The van der Waals surface area contributed by atoms with Gasteiger partial charge in [0.25, 0.3) is 0 Å². The Bertz CT molecular complexity index is 3650. The number of rotatable bonds is 11. The third kappa shape index (κ3) is 10.8. The molecule has 0 unspecified atom stereocenters. The first-order chi connectivity index (χ1) is 35.6. The van der Waals surface area contributed by atoms with Crippen LogP contribution in [0.3, 0.4) is 0 Å². The molecular formula is C59H57N13. The van der Waals surface area contributed by atoms with E-state index >= 15 is 0 Å². The maximum atomic E-state index is 7.39. The minimum Gasteiger partial charge on any atom is -0.345 e. The van der Waals surface area contributed by atoms with E-state index in [0.717, 1.165) is 84.1 Å². The molecule has 12 rings (SSSR count). The van der Waals surface area contributed by atoms with Crippen LogP contribution in [-0.2, 0) is 13.1 Å². The predicted octanol–water partition coefficient (Wildman–Crippen LogP) is 6.56. The Labute approximate surface area is 418 Å². The topological polar surface area (TPSA) is 163 Å². The van der Waals surface area contributed by atoms with Gasteiger partial charge in [-0.1, -0.05) is 190 Å². The first-order valence-corrected chi connectivity index (χ1v) is 24.0. The lowest BCUT2D eigenvalue weighted by Crippen LogP contribution is -2.50. The standard InChI is InChI=1S/C22H18N4.C18H14N4.C17H19N5.C2H6/c1-2-8-16(9-3-1)22-18-11-5-4-10-17(18)20(24-25-22)14-26-15-23-19-12-6-7-13-21(19)26;1-2-6-14(7-3-1)18-16-9-5-4-8-15(16)17(20-21-18)12-22-11-10-19-13-22;18-11-22(12-19)10-16-14-8-4-5-9-15(14)17(21-20-16)13-6-2-1-3-7-13;1-2/h1-13,15,24-25H,14H2;1-11,13H,12H2;1-9,11,18,20-21H,10,12,19H2;1-2H3. The summed E-state index contributed by atoms with van der Waals surface area (Å²) in [5, 5.41) is 23.3. The summed E-state index contributed by atoms with van der Waals surface area (Å²) < 4.78 is 4.17. The SMILES string of the molecule is CC.N=CN(CN)CC1=c2ccccc2=C(c2ccccc2)NN1.c1ccc(-c2nnc(Cn3ccnc3)c3ccccc23)cc1.c1ccc(C2=c3ccccc3=C(Cn3cnc4ccccc43)NN2)cc1. The lowest BCUT2D eigenvalue weighted by Gasteiger charge is -2.25. The zero-order chi connectivity index (χ0) is 49.5. The molecule has 5 heterocycles. The van der Waals surface area contributed by atoms with Crippen molar-refractivity contribution in [1.29, 1.82) is 5.41 Å². The van der Waals surface area contributed by atoms with Gasteiger partial charge in [0.05, 0.1) is 84.8 Å². The zero-order valence-corrected chi connectivity index (χ0v) is 40.3. The average Bonchev–Trinajstić information content (AvgIpc) is 4.14. The number of benzene rings is 7. The summed E-state index contributed by atoms with van der Waals surface area (Å²) in [6.45, 7) is 6.27. The van der Waals surface area contributed by atoms with Crippen LogP contribution in [0.5, 0.6) is 0 Å². The summed E-state index contributed by atoms with van der Waals surface area (Å²) in [6.07, 6.45) is 8.66. The molecule has 13 heteroatoms. The molecule has 0 radical (unpaired) electrons. The lowest BCUT2D eigenvalue weighted by molar-refractivity contribution is 0.481. The van der Waals surface area contributed by atoms with E-state index in [1.807, 2.05) is 116 Å². The predicted molar refractivity (Wildman–Crippen MR) is 291 cm³/mol. The normalized spacial score (nSPS) is 12.2. The molecule has 0 bridgehead atoms. The van der Waals surface area contributed by atoms with E-state index < -0.39 is 0 Å². The van der Waals surface area contributed by atoms with Gasteiger partial charge < -0.3 is 30.6 Å². The summed E-state index contributed by atoms with van der Waals surface area (Å²) >= 11 is 0. The van der Waals surface area contributed by atoms with Crippen LogP contribution < -0.4 is 48.3 Å². The van der Waals surface area contributed by atoms with Crippen LogP contribution in [0.2, 0.25) is 0 Å². The van der Waals surface area contributed by atoms with Gasteiger partial charge in [-0.05, 0) is 12.1 Å². The van der Waals surface area contributed by atoms with Crippen LogP contribution in [-0.4, -0.2) is 53.8 Å². The molecule has 7 N–H and O–H groups in total. The number of hydrogen-bond acceptors (Lipinski definition) is 10. The van der Waals surface area contributed by atoms with Crippen LogP contribution in [0.4, 0.5) is 0 Å². The second kappa shape index (κ2) is 23.3. The van der Waals surface area contributed by atoms with Crippen molar-refractivity contribution in [3.8, 4) is 11.3 Å². The van der Waals surface area contributed by atoms with E-state index in [1.54, 1.807) is 17.4 Å². The molecule has 7 aromatic carbocycles. The molecule has 0 fully saturated rings. The average molecular weight is 948 g/mol. The minimum absolute atomic E-state index is 0.312. The van der Waals surface area contributed by atoms with Gasteiger partial charge in [0.2, 0.25) is 0 Å². The van der Waals surface area contributed by atoms with E-state index in [9.17, 15) is 0 Å². The van der Waals surface area contributed by atoms with Crippen molar-refractivity contribution >= 4 is 50.9 Å². The Morgan fingerprint density at radius 1 is 0.542 bits per heavy atom. The second-order valence-electron chi connectivity index (χ2n) is 16.6. The molecule has 358 valence electrons. The number of fused-ring (bicyclic) bond motifs is 4. The molecule has 0 atom stereocenters. The molecule has 2 aliphatic rings. The Hall–Kier alpha value is -9.33. The Kier molecular flexibility index (Phi) is 15.5. The zero-order valence-electron chi connectivity index (χ0n) is 40.3. The molecular weight excluding hydrogens is 891 g/mol. The summed E-state index contributed by atoms with van der Waals surface area (Å²) in [6, 6.07) is 64.0. The number of para-hydroxylation sites is 2. The highest BCUT2D eigenvalue weighted by atomic mass is 15.4. The van der Waals surface area contributed by atoms with Crippen molar-refractivity contribution in [1.82, 2.24) is 55.9 Å². The van der Waals surface area contributed by atoms with E-state index in [-0.39, 0.29) is 0 Å². The fourth-order valence-corrected chi connectivity index (χ4v) is 8.70. The van der Waals surface area contributed by atoms with Crippen molar-refractivity contribution in [3.63, 3.8) is 0 Å². The third-order valence-corrected chi connectivity index (χ3v) is 12.2. The largest absolute Gasteiger partial charge is 0.345 e. The Morgan fingerprint density at radius 2 is 1.07 bits per heavy atom. The van der Waals surface area contributed by atoms with Crippen LogP contribution in [0.25, 0.3) is 55.9 Å². The number of hydrazine groups is 2.